The molecular weight excluding hydrogens is 273 g/mol. The van der Waals surface area contributed by atoms with Crippen LogP contribution in [0.5, 0.6) is 0 Å². The molecule has 1 aromatic heterocycles. The quantitative estimate of drug-likeness (QED) is 0.806. The van der Waals surface area contributed by atoms with Crippen LogP contribution in [-0.2, 0) is 6.54 Å². The summed E-state index contributed by atoms with van der Waals surface area (Å²) >= 11 is 3.29. The summed E-state index contributed by atoms with van der Waals surface area (Å²) in [7, 11) is 0. The van der Waals surface area contributed by atoms with E-state index in [1.807, 2.05) is 10.7 Å². The molecule has 1 atom stereocenters. The normalized spacial score (nSPS) is 20.1. The Morgan fingerprint density at radius 3 is 3.19 bits per heavy atom. The van der Waals surface area contributed by atoms with Crippen molar-refractivity contribution in [2.24, 2.45) is 0 Å². The number of halogens is 2. The lowest BCUT2D eigenvalue weighted by Gasteiger charge is -2.22. The first-order valence-corrected chi connectivity index (χ1v) is 6.03. The maximum Gasteiger partial charge on any atom is 0.135 e. The van der Waals surface area contributed by atoms with Crippen molar-refractivity contribution in [2.45, 2.75) is 19.5 Å². The van der Waals surface area contributed by atoms with Crippen LogP contribution in [-0.4, -0.2) is 16.3 Å². The number of benzene rings is 1. The van der Waals surface area contributed by atoms with Crippen LogP contribution in [0, 0.1) is 5.82 Å². The fourth-order valence-corrected chi connectivity index (χ4v) is 2.65. The van der Waals surface area contributed by atoms with Crippen molar-refractivity contribution in [3.8, 4) is 0 Å². The van der Waals surface area contributed by atoms with Gasteiger partial charge >= 0.3 is 0 Å². The summed E-state index contributed by atoms with van der Waals surface area (Å²) in [5.74, 6) is -0.207. The Labute approximate surface area is 101 Å². The van der Waals surface area contributed by atoms with E-state index in [1.165, 1.54) is 6.07 Å². The number of fused-ring (bicyclic) bond motifs is 3. The van der Waals surface area contributed by atoms with Gasteiger partial charge in [-0.1, -0.05) is 15.9 Å². The zero-order valence-electron chi connectivity index (χ0n) is 8.80. The lowest BCUT2D eigenvalue weighted by atomic mass is 10.1. The van der Waals surface area contributed by atoms with Crippen molar-refractivity contribution >= 4 is 26.8 Å². The van der Waals surface area contributed by atoms with Gasteiger partial charge in [-0.25, -0.2) is 4.39 Å². The SMILES string of the molecule is C[C@@H]1CNCc2c3c(F)cc(Br)cc3nn21. The second-order valence-corrected chi connectivity index (χ2v) is 5.07. The molecule has 5 heteroatoms. The van der Waals surface area contributed by atoms with Gasteiger partial charge in [-0.05, 0) is 19.1 Å². The van der Waals surface area contributed by atoms with Crippen molar-refractivity contribution in [1.82, 2.24) is 15.1 Å². The number of hydrogen-bond acceptors (Lipinski definition) is 2. The molecule has 1 aromatic carbocycles. The average molecular weight is 284 g/mol. The summed E-state index contributed by atoms with van der Waals surface area (Å²) in [5.41, 5.74) is 1.66. The van der Waals surface area contributed by atoms with E-state index in [2.05, 4.69) is 33.3 Å². The van der Waals surface area contributed by atoms with Crippen LogP contribution >= 0.6 is 15.9 Å². The molecule has 0 saturated heterocycles. The van der Waals surface area contributed by atoms with Crippen LogP contribution in [0.15, 0.2) is 16.6 Å². The Hall–Kier alpha value is -0.940. The third kappa shape index (κ3) is 1.38. The van der Waals surface area contributed by atoms with Crippen LogP contribution in [0.4, 0.5) is 4.39 Å². The molecule has 0 aliphatic carbocycles. The summed E-state index contributed by atoms with van der Waals surface area (Å²) in [6.45, 7) is 3.64. The third-order valence-corrected chi connectivity index (χ3v) is 3.42. The van der Waals surface area contributed by atoms with E-state index in [0.29, 0.717) is 11.9 Å². The van der Waals surface area contributed by atoms with Crippen molar-refractivity contribution < 1.29 is 4.39 Å². The van der Waals surface area contributed by atoms with Gasteiger partial charge in [0.1, 0.15) is 5.82 Å². The molecule has 16 heavy (non-hydrogen) atoms. The van der Waals surface area contributed by atoms with Gasteiger partial charge in [0.15, 0.2) is 0 Å². The van der Waals surface area contributed by atoms with Gasteiger partial charge in [-0.3, -0.25) is 4.68 Å². The molecule has 1 aliphatic heterocycles. The van der Waals surface area contributed by atoms with Crippen LogP contribution in [0.1, 0.15) is 18.7 Å². The van der Waals surface area contributed by atoms with Gasteiger partial charge in [0.25, 0.3) is 0 Å². The van der Waals surface area contributed by atoms with Crippen LogP contribution in [0.3, 0.4) is 0 Å². The summed E-state index contributed by atoms with van der Waals surface area (Å²) in [4.78, 5) is 0. The maximum atomic E-state index is 13.9. The van der Waals surface area contributed by atoms with Gasteiger partial charge < -0.3 is 5.32 Å². The van der Waals surface area contributed by atoms with Gasteiger partial charge in [0, 0.05) is 17.6 Å². The molecule has 2 aromatic rings. The molecule has 1 N–H and O–H groups in total. The first-order valence-electron chi connectivity index (χ1n) is 5.23. The molecule has 2 heterocycles. The molecule has 0 spiro atoms. The van der Waals surface area contributed by atoms with Crippen LogP contribution < -0.4 is 5.32 Å². The number of hydrogen-bond donors (Lipinski definition) is 1. The molecular formula is C11H11BrFN3. The minimum atomic E-state index is -0.207. The average Bonchev–Trinajstić information content (AvgIpc) is 2.57. The highest BCUT2D eigenvalue weighted by Crippen LogP contribution is 2.29. The van der Waals surface area contributed by atoms with E-state index in [-0.39, 0.29) is 11.9 Å². The predicted octanol–water partition coefficient (Wildman–Crippen LogP) is 2.60. The molecule has 3 nitrogen and oxygen atoms in total. The number of nitrogens with one attached hydrogen (secondary N) is 1. The fraction of sp³-hybridized carbons (Fsp3) is 0.364. The minimum Gasteiger partial charge on any atom is -0.309 e. The number of rotatable bonds is 0. The molecule has 0 bridgehead atoms. The van der Waals surface area contributed by atoms with Crippen LogP contribution in [0.2, 0.25) is 0 Å². The zero-order valence-corrected chi connectivity index (χ0v) is 10.4. The fourth-order valence-electron chi connectivity index (χ4n) is 2.24. The molecule has 3 rings (SSSR count). The lowest BCUT2D eigenvalue weighted by Crippen LogP contribution is -2.31. The molecule has 84 valence electrons. The van der Waals surface area contributed by atoms with Crippen molar-refractivity contribution in [3.05, 3.63) is 28.1 Å². The highest BCUT2D eigenvalue weighted by molar-refractivity contribution is 9.10. The van der Waals surface area contributed by atoms with Gasteiger partial charge in [-0.15, -0.1) is 0 Å². The topological polar surface area (TPSA) is 29.9 Å². The van der Waals surface area contributed by atoms with Gasteiger partial charge in [0.05, 0.1) is 22.6 Å². The summed E-state index contributed by atoms with van der Waals surface area (Å²) in [6.07, 6.45) is 0. The Morgan fingerprint density at radius 2 is 2.38 bits per heavy atom. The Kier molecular flexibility index (Phi) is 2.26. The van der Waals surface area contributed by atoms with Crippen molar-refractivity contribution in [1.29, 1.82) is 0 Å². The van der Waals surface area contributed by atoms with Crippen molar-refractivity contribution in [2.75, 3.05) is 6.54 Å². The van der Waals surface area contributed by atoms with Crippen LogP contribution in [0.25, 0.3) is 10.9 Å². The first-order chi connectivity index (χ1) is 7.66. The summed E-state index contributed by atoms with van der Waals surface area (Å²) in [6, 6.07) is 3.62. The lowest BCUT2D eigenvalue weighted by molar-refractivity contribution is 0.395. The summed E-state index contributed by atoms with van der Waals surface area (Å²) in [5, 5.41) is 8.38. The van der Waals surface area contributed by atoms with E-state index in [4.69, 9.17) is 0 Å². The molecule has 0 amide bonds. The van der Waals surface area contributed by atoms with Gasteiger partial charge in [-0.2, -0.15) is 5.10 Å². The molecule has 0 saturated carbocycles. The smallest absolute Gasteiger partial charge is 0.135 e. The second kappa shape index (κ2) is 3.53. The largest absolute Gasteiger partial charge is 0.309 e. The third-order valence-electron chi connectivity index (χ3n) is 2.96. The summed E-state index contributed by atoms with van der Waals surface area (Å²) < 4.78 is 16.5. The van der Waals surface area contributed by atoms with Gasteiger partial charge in [0.2, 0.25) is 0 Å². The standard InChI is InChI=1S/C11H11BrFN3/c1-6-4-14-5-10-11-8(13)2-7(12)3-9(11)15-16(6)10/h2-3,6,14H,4-5H2,1H3/t6-/m1/s1. The highest BCUT2D eigenvalue weighted by atomic mass is 79.9. The monoisotopic (exact) mass is 283 g/mol. The van der Waals surface area contributed by atoms with E-state index in [9.17, 15) is 4.39 Å². The predicted molar refractivity (Wildman–Crippen MR) is 63.8 cm³/mol. The van der Waals surface area contributed by atoms with E-state index < -0.39 is 0 Å². The number of aromatic nitrogens is 2. The Bertz CT molecular complexity index is 564. The maximum absolute atomic E-state index is 13.9. The zero-order chi connectivity index (χ0) is 11.3. The minimum absolute atomic E-state index is 0.207. The van der Waals surface area contributed by atoms with E-state index >= 15 is 0 Å². The first kappa shape index (κ1) is 10.2. The molecule has 1 aliphatic rings. The molecule has 0 unspecified atom stereocenters. The molecule has 0 fully saturated rings. The van der Waals surface area contributed by atoms with Crippen molar-refractivity contribution in [3.63, 3.8) is 0 Å². The Morgan fingerprint density at radius 1 is 1.56 bits per heavy atom. The highest BCUT2D eigenvalue weighted by Gasteiger charge is 2.22. The molecule has 0 radical (unpaired) electrons. The Balaban J connectivity index is 2.36. The van der Waals surface area contributed by atoms with E-state index in [0.717, 1.165) is 22.2 Å². The van der Waals surface area contributed by atoms with E-state index in [1.54, 1.807) is 0 Å². The number of nitrogens with zero attached hydrogens (tertiary/aromatic N) is 2. The second-order valence-electron chi connectivity index (χ2n) is 4.15.